The quantitative estimate of drug-likeness (QED) is 0.281. The molecule has 8 heteroatoms. The summed E-state index contributed by atoms with van der Waals surface area (Å²) in [7, 11) is 0. The fraction of sp³-hybridized carbons (Fsp3) is 0.120. The average Bonchev–Trinajstić information content (AvgIpc) is 3.46. The Morgan fingerprint density at radius 1 is 1.12 bits per heavy atom. The molecule has 6 nitrogen and oxygen atoms in total. The van der Waals surface area contributed by atoms with Crippen LogP contribution in [0.5, 0.6) is 5.75 Å². The maximum absolute atomic E-state index is 12.6. The zero-order valence-corrected chi connectivity index (χ0v) is 19.1. The predicted molar refractivity (Wildman–Crippen MR) is 129 cm³/mol. The SMILES string of the molecule is C=CCc1ccccc1OCc1ccc(C(=O)Nc2ccn(Cc3ccc(Cl)c(Cl)c3)n2)o1. The molecule has 1 N–H and O–H groups in total. The summed E-state index contributed by atoms with van der Waals surface area (Å²) in [6.07, 6.45) is 4.30. The molecule has 2 aromatic heterocycles. The topological polar surface area (TPSA) is 69.3 Å². The van der Waals surface area contributed by atoms with E-state index in [4.69, 9.17) is 32.4 Å². The molecule has 0 spiro atoms. The standard InChI is InChI=1S/C25H21Cl2N3O3/c1-2-5-18-6-3-4-7-22(18)32-16-19-9-11-23(33-19)25(31)28-24-12-13-30(29-24)15-17-8-10-20(26)21(27)14-17/h2-4,6-14H,1,5,15-16H2,(H,28,29,31). The Balaban J connectivity index is 1.34. The van der Waals surface area contributed by atoms with E-state index in [0.29, 0.717) is 34.6 Å². The van der Waals surface area contributed by atoms with Crippen LogP contribution in [0.2, 0.25) is 10.0 Å². The van der Waals surface area contributed by atoms with Gasteiger partial charge in [0.1, 0.15) is 18.1 Å². The fourth-order valence-corrected chi connectivity index (χ4v) is 3.54. The molecule has 0 aliphatic carbocycles. The second-order valence-corrected chi connectivity index (χ2v) is 8.07. The molecule has 0 radical (unpaired) electrons. The van der Waals surface area contributed by atoms with E-state index >= 15 is 0 Å². The van der Waals surface area contributed by atoms with Crippen molar-refractivity contribution in [2.75, 3.05) is 5.32 Å². The van der Waals surface area contributed by atoms with Gasteiger partial charge in [0, 0.05) is 12.3 Å². The summed E-state index contributed by atoms with van der Waals surface area (Å²) >= 11 is 12.0. The summed E-state index contributed by atoms with van der Waals surface area (Å²) in [6.45, 7) is 4.46. The third-order valence-corrected chi connectivity index (χ3v) is 5.54. The average molecular weight is 482 g/mol. The van der Waals surface area contributed by atoms with Crippen molar-refractivity contribution in [3.8, 4) is 5.75 Å². The number of carbonyl (C=O) groups excluding carboxylic acids is 1. The van der Waals surface area contributed by atoms with Crippen LogP contribution in [0, 0.1) is 0 Å². The molecule has 0 aliphatic rings. The van der Waals surface area contributed by atoms with Crippen LogP contribution < -0.4 is 10.1 Å². The highest BCUT2D eigenvalue weighted by Gasteiger charge is 2.14. The minimum atomic E-state index is -0.395. The van der Waals surface area contributed by atoms with Gasteiger partial charge in [-0.2, -0.15) is 5.10 Å². The number of carbonyl (C=O) groups is 1. The Morgan fingerprint density at radius 3 is 2.79 bits per heavy atom. The first-order chi connectivity index (χ1) is 16.0. The Morgan fingerprint density at radius 2 is 1.97 bits per heavy atom. The van der Waals surface area contributed by atoms with Crippen LogP contribution in [0.1, 0.15) is 27.4 Å². The first-order valence-corrected chi connectivity index (χ1v) is 11.0. The van der Waals surface area contributed by atoms with Crippen molar-refractivity contribution in [1.82, 2.24) is 9.78 Å². The lowest BCUT2D eigenvalue weighted by molar-refractivity contribution is 0.0992. The number of hydrogen-bond donors (Lipinski definition) is 1. The zero-order valence-electron chi connectivity index (χ0n) is 17.6. The number of rotatable bonds is 9. The van der Waals surface area contributed by atoms with Crippen LogP contribution in [0.3, 0.4) is 0 Å². The third-order valence-electron chi connectivity index (χ3n) is 4.80. The van der Waals surface area contributed by atoms with Gasteiger partial charge in [-0.05, 0) is 47.9 Å². The van der Waals surface area contributed by atoms with Crippen LogP contribution in [0.4, 0.5) is 5.82 Å². The number of anilines is 1. The maximum atomic E-state index is 12.6. The van der Waals surface area contributed by atoms with E-state index in [0.717, 1.165) is 16.9 Å². The molecule has 0 atom stereocenters. The van der Waals surface area contributed by atoms with Gasteiger partial charge in [0.15, 0.2) is 11.6 Å². The lowest BCUT2D eigenvalue weighted by Gasteiger charge is -2.08. The minimum Gasteiger partial charge on any atom is -0.485 e. The molecule has 33 heavy (non-hydrogen) atoms. The minimum absolute atomic E-state index is 0.173. The Labute approximate surface area is 201 Å². The molecule has 0 saturated heterocycles. The van der Waals surface area contributed by atoms with Crippen molar-refractivity contribution in [3.05, 3.63) is 112 Å². The van der Waals surface area contributed by atoms with E-state index in [1.54, 1.807) is 41.2 Å². The van der Waals surface area contributed by atoms with Crippen LogP contribution in [0.25, 0.3) is 0 Å². The van der Waals surface area contributed by atoms with Gasteiger partial charge < -0.3 is 14.5 Å². The smallest absolute Gasteiger partial charge is 0.292 e. The predicted octanol–water partition coefficient (Wildman–Crippen LogP) is 6.39. The van der Waals surface area contributed by atoms with E-state index in [9.17, 15) is 4.79 Å². The largest absolute Gasteiger partial charge is 0.485 e. The van der Waals surface area contributed by atoms with Gasteiger partial charge in [0.2, 0.25) is 0 Å². The molecule has 0 fully saturated rings. The number of furan rings is 1. The molecule has 0 unspecified atom stereocenters. The van der Waals surface area contributed by atoms with E-state index < -0.39 is 5.91 Å². The summed E-state index contributed by atoms with van der Waals surface area (Å²) in [6, 6.07) is 18.2. The normalized spacial score (nSPS) is 10.7. The number of halogens is 2. The summed E-state index contributed by atoms with van der Waals surface area (Å²) < 4.78 is 13.2. The Hall–Kier alpha value is -3.48. The van der Waals surface area contributed by atoms with Gasteiger partial charge in [0.25, 0.3) is 5.91 Å². The van der Waals surface area contributed by atoms with Gasteiger partial charge in [-0.25, -0.2) is 0 Å². The van der Waals surface area contributed by atoms with Crippen molar-refractivity contribution in [1.29, 1.82) is 0 Å². The summed E-state index contributed by atoms with van der Waals surface area (Å²) in [5.74, 6) is 1.48. The number of aromatic nitrogens is 2. The van der Waals surface area contributed by atoms with Crippen molar-refractivity contribution >= 4 is 34.9 Å². The van der Waals surface area contributed by atoms with Crippen LogP contribution in [0.15, 0.2) is 83.9 Å². The number of nitrogens with zero attached hydrogens (tertiary/aromatic N) is 2. The monoisotopic (exact) mass is 481 g/mol. The summed E-state index contributed by atoms with van der Waals surface area (Å²) in [5.41, 5.74) is 1.98. The number of nitrogens with one attached hydrogen (secondary N) is 1. The highest BCUT2D eigenvalue weighted by atomic mass is 35.5. The van der Waals surface area contributed by atoms with E-state index in [1.807, 2.05) is 36.4 Å². The van der Waals surface area contributed by atoms with E-state index in [2.05, 4.69) is 17.0 Å². The van der Waals surface area contributed by atoms with Crippen molar-refractivity contribution in [2.45, 2.75) is 19.6 Å². The van der Waals surface area contributed by atoms with Crippen molar-refractivity contribution in [2.24, 2.45) is 0 Å². The van der Waals surface area contributed by atoms with Crippen LogP contribution in [-0.4, -0.2) is 15.7 Å². The third kappa shape index (κ3) is 5.86. The molecule has 4 rings (SSSR count). The molecule has 0 aliphatic heterocycles. The first kappa shape index (κ1) is 22.7. The first-order valence-electron chi connectivity index (χ1n) is 10.2. The molecule has 168 valence electrons. The van der Waals surface area contributed by atoms with Gasteiger partial charge >= 0.3 is 0 Å². The Bertz CT molecular complexity index is 1280. The molecule has 2 aromatic carbocycles. The second-order valence-electron chi connectivity index (χ2n) is 7.26. The van der Waals surface area contributed by atoms with Gasteiger partial charge in [-0.3, -0.25) is 9.48 Å². The summed E-state index contributed by atoms with van der Waals surface area (Å²) in [4.78, 5) is 12.6. The molecular formula is C25H21Cl2N3O3. The molecule has 0 saturated carbocycles. The van der Waals surface area contributed by atoms with Gasteiger partial charge in [-0.15, -0.1) is 6.58 Å². The number of benzene rings is 2. The van der Waals surface area contributed by atoms with Gasteiger partial charge in [-0.1, -0.05) is 53.5 Å². The van der Waals surface area contributed by atoms with Crippen molar-refractivity contribution in [3.63, 3.8) is 0 Å². The Kier molecular flexibility index (Phi) is 7.17. The number of allylic oxidation sites excluding steroid dienone is 1. The second kappa shape index (κ2) is 10.4. The van der Waals surface area contributed by atoms with E-state index in [-0.39, 0.29) is 12.4 Å². The van der Waals surface area contributed by atoms with Crippen molar-refractivity contribution < 1.29 is 13.9 Å². The number of para-hydroxylation sites is 1. The molecule has 1 amide bonds. The fourth-order valence-electron chi connectivity index (χ4n) is 3.21. The van der Waals surface area contributed by atoms with Crippen LogP contribution >= 0.6 is 23.2 Å². The van der Waals surface area contributed by atoms with Crippen LogP contribution in [-0.2, 0) is 19.6 Å². The number of amides is 1. The lowest BCUT2D eigenvalue weighted by Crippen LogP contribution is -2.12. The van der Waals surface area contributed by atoms with Gasteiger partial charge in [0.05, 0.1) is 16.6 Å². The number of hydrogen-bond acceptors (Lipinski definition) is 4. The molecule has 4 aromatic rings. The zero-order chi connectivity index (χ0) is 23.2. The summed E-state index contributed by atoms with van der Waals surface area (Å²) in [5, 5.41) is 8.08. The van der Waals surface area contributed by atoms with E-state index in [1.165, 1.54) is 0 Å². The maximum Gasteiger partial charge on any atom is 0.292 e. The molecule has 0 bridgehead atoms. The number of ether oxygens (including phenoxy) is 1. The highest BCUT2D eigenvalue weighted by molar-refractivity contribution is 6.42. The molecular weight excluding hydrogens is 461 g/mol. The molecule has 2 heterocycles. The lowest BCUT2D eigenvalue weighted by atomic mass is 10.1. The highest BCUT2D eigenvalue weighted by Crippen LogP contribution is 2.23.